The molecule has 2 rings (SSSR count). The summed E-state index contributed by atoms with van der Waals surface area (Å²) in [6, 6.07) is 0. The first kappa shape index (κ1) is 13.8. The van der Waals surface area contributed by atoms with Gasteiger partial charge in [0, 0.05) is 39.8 Å². The summed E-state index contributed by atoms with van der Waals surface area (Å²) in [5, 5.41) is 0. The van der Waals surface area contributed by atoms with Crippen molar-refractivity contribution in [3.8, 4) is 0 Å². The Hall–Kier alpha value is -0.610. The molecular formula is C14H25NO3. The Balaban J connectivity index is 1.64. The number of rotatable bonds is 5. The summed E-state index contributed by atoms with van der Waals surface area (Å²) >= 11 is 0. The lowest BCUT2D eigenvalue weighted by Crippen LogP contribution is -2.39. The molecule has 2 aliphatic rings. The number of hydrogen-bond acceptors (Lipinski definition) is 3. The van der Waals surface area contributed by atoms with E-state index in [9.17, 15) is 4.79 Å². The fourth-order valence-electron chi connectivity index (χ4n) is 2.90. The third-order valence-corrected chi connectivity index (χ3v) is 4.07. The van der Waals surface area contributed by atoms with Crippen LogP contribution in [0.3, 0.4) is 0 Å². The first-order chi connectivity index (χ1) is 8.79. The molecule has 2 heterocycles. The monoisotopic (exact) mass is 255 g/mol. The van der Waals surface area contributed by atoms with Crippen LogP contribution in [-0.2, 0) is 14.3 Å². The number of carbonyl (C=O) groups is 1. The molecule has 0 unspecified atom stereocenters. The highest BCUT2D eigenvalue weighted by atomic mass is 16.5. The summed E-state index contributed by atoms with van der Waals surface area (Å²) in [7, 11) is 1.75. The van der Waals surface area contributed by atoms with Gasteiger partial charge >= 0.3 is 0 Å². The first-order valence-corrected chi connectivity index (χ1v) is 7.18. The molecule has 0 aliphatic carbocycles. The van der Waals surface area contributed by atoms with Gasteiger partial charge in [0.25, 0.3) is 0 Å². The summed E-state index contributed by atoms with van der Waals surface area (Å²) in [5.41, 5.74) is 0. The number of methoxy groups -OCH3 is 1. The van der Waals surface area contributed by atoms with Crippen molar-refractivity contribution in [2.24, 2.45) is 5.92 Å². The van der Waals surface area contributed by atoms with Crippen molar-refractivity contribution in [3.05, 3.63) is 0 Å². The van der Waals surface area contributed by atoms with Gasteiger partial charge in [0.2, 0.25) is 5.91 Å². The highest BCUT2D eigenvalue weighted by Crippen LogP contribution is 2.20. The second kappa shape index (κ2) is 7.10. The Labute approximate surface area is 110 Å². The van der Waals surface area contributed by atoms with Crippen molar-refractivity contribution < 1.29 is 14.3 Å². The van der Waals surface area contributed by atoms with E-state index < -0.39 is 0 Å². The Kier molecular flexibility index (Phi) is 5.45. The smallest absolute Gasteiger partial charge is 0.222 e. The van der Waals surface area contributed by atoms with E-state index in [4.69, 9.17) is 9.47 Å². The molecule has 0 aromatic carbocycles. The van der Waals surface area contributed by atoms with E-state index >= 15 is 0 Å². The highest BCUT2D eigenvalue weighted by molar-refractivity contribution is 5.76. The van der Waals surface area contributed by atoms with Crippen LogP contribution in [0.5, 0.6) is 0 Å². The van der Waals surface area contributed by atoms with Gasteiger partial charge in [-0.15, -0.1) is 0 Å². The minimum atomic E-state index is 0.307. The van der Waals surface area contributed by atoms with Gasteiger partial charge in [0.15, 0.2) is 0 Å². The maximum Gasteiger partial charge on any atom is 0.222 e. The zero-order chi connectivity index (χ0) is 12.8. The van der Waals surface area contributed by atoms with Gasteiger partial charge < -0.3 is 14.4 Å². The van der Waals surface area contributed by atoms with E-state index in [0.29, 0.717) is 24.3 Å². The van der Waals surface area contributed by atoms with Crippen molar-refractivity contribution >= 4 is 5.91 Å². The number of amides is 1. The molecule has 0 aromatic rings. The number of likely N-dealkylation sites (tertiary alicyclic amines) is 1. The molecule has 1 atom stereocenters. The Morgan fingerprint density at radius 1 is 1.33 bits per heavy atom. The zero-order valence-corrected chi connectivity index (χ0v) is 11.4. The van der Waals surface area contributed by atoms with Crippen molar-refractivity contribution in [1.29, 1.82) is 0 Å². The van der Waals surface area contributed by atoms with E-state index in [-0.39, 0.29) is 0 Å². The van der Waals surface area contributed by atoms with Gasteiger partial charge in [-0.05, 0) is 38.0 Å². The number of carbonyl (C=O) groups excluding carboxylic acids is 1. The van der Waals surface area contributed by atoms with Crippen LogP contribution in [0, 0.1) is 5.92 Å². The van der Waals surface area contributed by atoms with E-state index in [2.05, 4.69) is 0 Å². The Morgan fingerprint density at radius 2 is 2.11 bits per heavy atom. The maximum absolute atomic E-state index is 12.1. The fourth-order valence-corrected chi connectivity index (χ4v) is 2.90. The van der Waals surface area contributed by atoms with Crippen LogP contribution in [0.25, 0.3) is 0 Å². The molecule has 0 aromatic heterocycles. The quantitative estimate of drug-likeness (QED) is 0.752. The van der Waals surface area contributed by atoms with E-state index in [1.807, 2.05) is 4.90 Å². The van der Waals surface area contributed by atoms with Crippen LogP contribution in [-0.4, -0.2) is 50.3 Å². The number of nitrogens with zero attached hydrogens (tertiary/aromatic N) is 1. The molecule has 2 saturated heterocycles. The van der Waals surface area contributed by atoms with Crippen LogP contribution < -0.4 is 0 Å². The predicted molar refractivity (Wildman–Crippen MR) is 69.4 cm³/mol. The molecule has 0 radical (unpaired) electrons. The lowest BCUT2D eigenvalue weighted by molar-refractivity contribution is -0.133. The summed E-state index contributed by atoms with van der Waals surface area (Å²) in [5.74, 6) is 0.943. The van der Waals surface area contributed by atoms with Crippen LogP contribution in [0.15, 0.2) is 0 Å². The van der Waals surface area contributed by atoms with Gasteiger partial charge in [0.05, 0.1) is 6.10 Å². The van der Waals surface area contributed by atoms with Gasteiger partial charge in [0.1, 0.15) is 0 Å². The van der Waals surface area contributed by atoms with Crippen molar-refractivity contribution in [3.63, 3.8) is 0 Å². The molecule has 0 saturated carbocycles. The Bertz CT molecular complexity index is 256. The van der Waals surface area contributed by atoms with Gasteiger partial charge in [-0.3, -0.25) is 4.79 Å². The summed E-state index contributed by atoms with van der Waals surface area (Å²) in [4.78, 5) is 14.1. The lowest BCUT2D eigenvalue weighted by atomic mass is 9.97. The van der Waals surface area contributed by atoms with Crippen molar-refractivity contribution in [1.82, 2.24) is 4.90 Å². The van der Waals surface area contributed by atoms with Crippen LogP contribution >= 0.6 is 0 Å². The average Bonchev–Trinajstić information content (AvgIpc) is 2.90. The molecule has 4 heteroatoms. The van der Waals surface area contributed by atoms with Gasteiger partial charge in [-0.2, -0.15) is 0 Å². The molecular weight excluding hydrogens is 230 g/mol. The van der Waals surface area contributed by atoms with Crippen LogP contribution in [0.1, 0.15) is 38.5 Å². The first-order valence-electron chi connectivity index (χ1n) is 7.18. The second-order valence-electron chi connectivity index (χ2n) is 5.45. The summed E-state index contributed by atoms with van der Waals surface area (Å²) < 4.78 is 10.7. The van der Waals surface area contributed by atoms with Gasteiger partial charge in [-0.25, -0.2) is 0 Å². The van der Waals surface area contributed by atoms with Crippen LogP contribution in [0.2, 0.25) is 0 Å². The second-order valence-corrected chi connectivity index (χ2v) is 5.45. The number of hydrogen-bond donors (Lipinski definition) is 0. The predicted octanol–water partition coefficient (Wildman–Crippen LogP) is 1.83. The SMILES string of the molecule is COCC1CCN(C(=O)CC[C@@H]2CCCO2)CC1. The van der Waals surface area contributed by atoms with E-state index in [0.717, 1.165) is 58.4 Å². The largest absolute Gasteiger partial charge is 0.384 e. The maximum atomic E-state index is 12.1. The number of piperidine rings is 1. The molecule has 0 bridgehead atoms. The minimum Gasteiger partial charge on any atom is -0.384 e. The summed E-state index contributed by atoms with van der Waals surface area (Å²) in [6.45, 7) is 3.51. The molecule has 2 fully saturated rings. The highest BCUT2D eigenvalue weighted by Gasteiger charge is 2.24. The lowest BCUT2D eigenvalue weighted by Gasteiger charge is -2.32. The molecule has 0 spiro atoms. The molecule has 0 N–H and O–H groups in total. The van der Waals surface area contributed by atoms with Crippen LogP contribution in [0.4, 0.5) is 0 Å². The zero-order valence-electron chi connectivity index (χ0n) is 11.4. The average molecular weight is 255 g/mol. The third kappa shape index (κ3) is 3.95. The molecule has 1 amide bonds. The summed E-state index contributed by atoms with van der Waals surface area (Å²) in [6.07, 6.45) is 6.33. The topological polar surface area (TPSA) is 38.8 Å². The fraction of sp³-hybridized carbons (Fsp3) is 0.929. The standard InChI is InChI=1S/C14H25NO3/c1-17-11-12-6-8-15(9-7-12)14(16)5-4-13-3-2-10-18-13/h12-13H,2-11H2,1H3/t13-/m0/s1. The Morgan fingerprint density at radius 3 is 2.72 bits per heavy atom. The molecule has 18 heavy (non-hydrogen) atoms. The normalized spacial score (nSPS) is 25.6. The third-order valence-electron chi connectivity index (χ3n) is 4.07. The van der Waals surface area contributed by atoms with Gasteiger partial charge in [-0.1, -0.05) is 0 Å². The van der Waals surface area contributed by atoms with Crippen molar-refractivity contribution in [2.45, 2.75) is 44.6 Å². The minimum absolute atomic E-state index is 0.307. The van der Waals surface area contributed by atoms with Crippen molar-refractivity contribution in [2.75, 3.05) is 33.4 Å². The molecule has 4 nitrogen and oxygen atoms in total. The molecule has 104 valence electrons. The number of ether oxygens (including phenoxy) is 2. The van der Waals surface area contributed by atoms with E-state index in [1.54, 1.807) is 7.11 Å². The van der Waals surface area contributed by atoms with E-state index in [1.165, 1.54) is 0 Å². The molecule has 2 aliphatic heterocycles.